The summed E-state index contributed by atoms with van der Waals surface area (Å²) in [5.41, 5.74) is 2.99. The zero-order valence-electron chi connectivity index (χ0n) is 20.2. The van der Waals surface area contributed by atoms with E-state index in [4.69, 9.17) is 25.8 Å². The predicted octanol–water partition coefficient (Wildman–Crippen LogP) is 4.33. The first-order chi connectivity index (χ1) is 17.4. The van der Waals surface area contributed by atoms with Crippen molar-refractivity contribution in [3.05, 3.63) is 76.8 Å². The fourth-order valence-corrected chi connectivity index (χ4v) is 4.08. The number of aliphatic imine (C=N–C) groups is 1. The number of anilines is 2. The first-order valence-electron chi connectivity index (χ1n) is 10.9. The largest absolute Gasteiger partial charge is 0.493 e. The SMILES string of the molecule is COc1cc(NC(=O)NC2N=C(c3ccccc3)c3cc(Cl)ccc3N(C)C2=O)cc(OC)c1OC. The maximum absolute atomic E-state index is 13.3. The highest BCUT2D eigenvalue weighted by molar-refractivity contribution is 6.32. The molecule has 1 atom stereocenters. The van der Waals surface area contributed by atoms with E-state index < -0.39 is 18.1 Å². The van der Waals surface area contributed by atoms with Crippen LogP contribution in [0.4, 0.5) is 16.2 Å². The lowest BCUT2D eigenvalue weighted by Crippen LogP contribution is -2.47. The van der Waals surface area contributed by atoms with Crippen LogP contribution in [0.5, 0.6) is 17.2 Å². The topological polar surface area (TPSA) is 101 Å². The summed E-state index contributed by atoms with van der Waals surface area (Å²) in [7, 11) is 6.07. The second kappa shape index (κ2) is 10.6. The molecular formula is C26H25ClN4O5. The summed E-state index contributed by atoms with van der Waals surface area (Å²) >= 11 is 6.28. The third-order valence-electron chi connectivity index (χ3n) is 5.64. The van der Waals surface area contributed by atoms with Gasteiger partial charge in [-0.25, -0.2) is 9.79 Å². The zero-order chi connectivity index (χ0) is 25.8. The van der Waals surface area contributed by atoms with Crippen LogP contribution in [0.3, 0.4) is 0 Å². The average molecular weight is 509 g/mol. The number of fused-ring (bicyclic) bond motifs is 1. The molecule has 186 valence electrons. The van der Waals surface area contributed by atoms with Crippen LogP contribution in [0.15, 0.2) is 65.7 Å². The molecule has 4 rings (SSSR count). The minimum atomic E-state index is -1.20. The number of carbonyl (C=O) groups is 2. The maximum atomic E-state index is 13.3. The number of nitrogens with one attached hydrogen (secondary N) is 2. The molecule has 3 aromatic rings. The number of benzodiazepines with no additional fused rings is 1. The Labute approximate surface area is 213 Å². The molecule has 0 spiro atoms. The summed E-state index contributed by atoms with van der Waals surface area (Å²) in [4.78, 5) is 32.4. The van der Waals surface area contributed by atoms with E-state index in [-0.39, 0.29) is 0 Å². The van der Waals surface area contributed by atoms with Crippen molar-refractivity contribution in [3.63, 3.8) is 0 Å². The first-order valence-corrected chi connectivity index (χ1v) is 11.3. The molecule has 0 bridgehead atoms. The lowest BCUT2D eigenvalue weighted by molar-refractivity contribution is -0.119. The van der Waals surface area contributed by atoms with Crippen LogP contribution in [0.2, 0.25) is 5.02 Å². The van der Waals surface area contributed by atoms with E-state index in [1.54, 1.807) is 37.4 Å². The highest BCUT2D eigenvalue weighted by atomic mass is 35.5. The number of ether oxygens (including phenoxy) is 3. The Kier molecular flexibility index (Phi) is 7.30. The van der Waals surface area contributed by atoms with Crippen LogP contribution in [0.25, 0.3) is 0 Å². The molecule has 9 nitrogen and oxygen atoms in total. The van der Waals surface area contributed by atoms with Crippen LogP contribution < -0.4 is 29.7 Å². The molecule has 10 heteroatoms. The average Bonchev–Trinajstić information content (AvgIpc) is 2.98. The third kappa shape index (κ3) is 4.92. The van der Waals surface area contributed by atoms with Gasteiger partial charge in [-0.15, -0.1) is 0 Å². The van der Waals surface area contributed by atoms with Crippen molar-refractivity contribution in [2.24, 2.45) is 4.99 Å². The number of carbonyl (C=O) groups excluding carboxylic acids is 2. The zero-order valence-corrected chi connectivity index (χ0v) is 20.9. The maximum Gasteiger partial charge on any atom is 0.321 e. The summed E-state index contributed by atoms with van der Waals surface area (Å²) in [5, 5.41) is 5.87. The fourth-order valence-electron chi connectivity index (χ4n) is 3.91. The Morgan fingerprint density at radius 3 is 2.25 bits per heavy atom. The monoisotopic (exact) mass is 508 g/mol. The second-order valence-electron chi connectivity index (χ2n) is 7.82. The van der Waals surface area contributed by atoms with Crippen molar-refractivity contribution in [1.29, 1.82) is 0 Å². The number of halogens is 1. The van der Waals surface area contributed by atoms with Gasteiger partial charge in [0.1, 0.15) is 0 Å². The van der Waals surface area contributed by atoms with Gasteiger partial charge < -0.3 is 29.7 Å². The van der Waals surface area contributed by atoms with E-state index in [0.717, 1.165) is 5.56 Å². The Balaban J connectivity index is 1.68. The van der Waals surface area contributed by atoms with Crippen molar-refractivity contribution >= 4 is 40.6 Å². The highest BCUT2D eigenvalue weighted by Crippen LogP contribution is 2.40. The molecule has 36 heavy (non-hydrogen) atoms. The standard InChI is InChI=1S/C26H25ClN4O5/c1-31-19-11-10-16(27)12-18(19)22(15-8-6-5-7-9-15)29-24(25(31)32)30-26(33)28-17-13-20(34-2)23(36-4)21(14-17)35-3/h5-14,24H,1-4H3,(H2,28,30,33). The third-order valence-corrected chi connectivity index (χ3v) is 5.87. The molecule has 0 aromatic heterocycles. The van der Waals surface area contributed by atoms with Crippen LogP contribution in [-0.2, 0) is 4.79 Å². The van der Waals surface area contributed by atoms with Gasteiger partial charge in [0.2, 0.25) is 11.9 Å². The number of urea groups is 1. The number of hydrogen-bond donors (Lipinski definition) is 2. The van der Waals surface area contributed by atoms with Crippen molar-refractivity contribution in [2.75, 3.05) is 38.6 Å². The number of methoxy groups -OCH3 is 3. The Morgan fingerprint density at radius 2 is 1.64 bits per heavy atom. The van der Waals surface area contributed by atoms with Gasteiger partial charge in [-0.3, -0.25) is 4.79 Å². The number of likely N-dealkylation sites (N-methyl/N-ethyl adjacent to an activating group) is 1. The quantitative estimate of drug-likeness (QED) is 0.516. The molecule has 0 radical (unpaired) electrons. The molecule has 3 amide bonds. The summed E-state index contributed by atoms with van der Waals surface area (Å²) in [5.74, 6) is 0.716. The number of hydrogen-bond acceptors (Lipinski definition) is 6. The minimum absolute atomic E-state index is 0.370. The number of nitrogens with zero attached hydrogens (tertiary/aromatic N) is 2. The molecule has 2 N–H and O–H groups in total. The number of rotatable bonds is 6. The summed E-state index contributed by atoms with van der Waals surface area (Å²) < 4.78 is 16.0. The van der Waals surface area contributed by atoms with Crippen molar-refractivity contribution in [2.45, 2.75) is 6.17 Å². The predicted molar refractivity (Wildman–Crippen MR) is 139 cm³/mol. The lowest BCUT2D eigenvalue weighted by atomic mass is 10.0. The molecule has 1 aliphatic rings. The van der Waals surface area contributed by atoms with E-state index in [9.17, 15) is 9.59 Å². The molecule has 1 heterocycles. The van der Waals surface area contributed by atoms with E-state index >= 15 is 0 Å². The highest BCUT2D eigenvalue weighted by Gasteiger charge is 2.31. The number of benzene rings is 3. The summed E-state index contributed by atoms with van der Waals surface area (Å²) in [6, 6.07) is 17.1. The summed E-state index contributed by atoms with van der Waals surface area (Å²) in [6.45, 7) is 0. The molecule has 1 unspecified atom stereocenters. The van der Waals surface area contributed by atoms with E-state index in [1.165, 1.54) is 26.2 Å². The minimum Gasteiger partial charge on any atom is -0.493 e. The Morgan fingerprint density at radius 1 is 0.972 bits per heavy atom. The van der Waals surface area contributed by atoms with Gasteiger partial charge in [-0.2, -0.15) is 0 Å². The van der Waals surface area contributed by atoms with Crippen LogP contribution in [0.1, 0.15) is 11.1 Å². The van der Waals surface area contributed by atoms with Gasteiger partial charge in [0.15, 0.2) is 11.5 Å². The van der Waals surface area contributed by atoms with Crippen molar-refractivity contribution in [3.8, 4) is 17.2 Å². The van der Waals surface area contributed by atoms with E-state index in [2.05, 4.69) is 15.6 Å². The second-order valence-corrected chi connectivity index (χ2v) is 8.25. The normalized spacial score (nSPS) is 14.8. The van der Waals surface area contributed by atoms with Crippen LogP contribution in [-0.4, -0.2) is 52.2 Å². The van der Waals surface area contributed by atoms with Gasteiger partial charge in [-0.05, 0) is 18.2 Å². The molecule has 1 aliphatic heterocycles. The van der Waals surface area contributed by atoms with E-state index in [1.807, 2.05) is 30.3 Å². The smallest absolute Gasteiger partial charge is 0.321 e. The van der Waals surface area contributed by atoms with Gasteiger partial charge in [-0.1, -0.05) is 41.9 Å². The lowest BCUT2D eigenvalue weighted by Gasteiger charge is -2.21. The fraction of sp³-hybridized carbons (Fsp3) is 0.192. The van der Waals surface area contributed by atoms with Crippen LogP contribution >= 0.6 is 11.6 Å². The van der Waals surface area contributed by atoms with E-state index in [0.29, 0.717) is 44.9 Å². The molecule has 0 aliphatic carbocycles. The van der Waals surface area contributed by atoms with Crippen LogP contribution in [0, 0.1) is 0 Å². The molecule has 0 saturated heterocycles. The van der Waals surface area contributed by atoms with Crippen molar-refractivity contribution < 1.29 is 23.8 Å². The van der Waals surface area contributed by atoms with Gasteiger partial charge in [0, 0.05) is 35.3 Å². The van der Waals surface area contributed by atoms with Gasteiger partial charge >= 0.3 is 6.03 Å². The summed E-state index contributed by atoms with van der Waals surface area (Å²) in [6.07, 6.45) is -1.20. The molecule has 0 saturated carbocycles. The molecular weight excluding hydrogens is 484 g/mol. The molecule has 3 aromatic carbocycles. The molecule has 0 fully saturated rings. The Bertz CT molecular complexity index is 1300. The van der Waals surface area contributed by atoms with Gasteiger partial charge in [0.05, 0.1) is 38.4 Å². The van der Waals surface area contributed by atoms with Crippen molar-refractivity contribution in [1.82, 2.24) is 5.32 Å². The first kappa shape index (κ1) is 24.9. The number of amides is 3. The van der Waals surface area contributed by atoms with Gasteiger partial charge in [0.25, 0.3) is 5.91 Å². The Hall–Kier alpha value is -4.24.